The van der Waals surface area contributed by atoms with Crippen LogP contribution in [0.2, 0.25) is 0 Å². The molecule has 6 heteroatoms. The fourth-order valence-electron chi connectivity index (χ4n) is 3.67. The highest BCUT2D eigenvalue weighted by atomic mass is 16.5. The Morgan fingerprint density at radius 1 is 0.906 bits per heavy atom. The van der Waals surface area contributed by atoms with E-state index in [0.29, 0.717) is 33.5 Å². The van der Waals surface area contributed by atoms with E-state index in [9.17, 15) is 9.59 Å². The quantitative estimate of drug-likeness (QED) is 0.427. The average Bonchev–Trinajstić information content (AvgIpc) is 2.83. The number of nitrogens with one attached hydrogen (secondary N) is 1. The van der Waals surface area contributed by atoms with Gasteiger partial charge in [0, 0.05) is 0 Å². The number of benzene rings is 4. The monoisotopic (exact) mass is 422 g/mol. The second kappa shape index (κ2) is 8.00. The molecule has 0 aliphatic heterocycles. The van der Waals surface area contributed by atoms with Gasteiger partial charge in [-0.1, -0.05) is 48.5 Å². The molecular formula is C26H18N2O4. The molecule has 0 aliphatic rings. The van der Waals surface area contributed by atoms with Gasteiger partial charge >= 0.3 is 5.63 Å². The number of para-hydroxylation sites is 2. The standard InChI is InChI=1S/C26H18N2O4/c1-31-23-15-17-9-3-2-8-16(17)14-20(23)24(29)27-21-12-6-4-10-18(21)25-28-22-13-7-5-11-19(22)26(30)32-25/h2-15H,1H3,(H,27,29). The second-order valence-electron chi connectivity index (χ2n) is 7.22. The van der Waals surface area contributed by atoms with Gasteiger partial charge in [0.2, 0.25) is 5.89 Å². The number of amides is 1. The molecule has 0 saturated heterocycles. The summed E-state index contributed by atoms with van der Waals surface area (Å²) >= 11 is 0. The van der Waals surface area contributed by atoms with Crippen LogP contribution in [0.15, 0.2) is 94.1 Å². The maximum absolute atomic E-state index is 13.2. The highest BCUT2D eigenvalue weighted by Crippen LogP contribution is 2.30. The highest BCUT2D eigenvalue weighted by Gasteiger charge is 2.18. The number of aromatic nitrogens is 1. The van der Waals surface area contributed by atoms with Crippen molar-refractivity contribution in [2.45, 2.75) is 0 Å². The zero-order valence-electron chi connectivity index (χ0n) is 17.2. The highest BCUT2D eigenvalue weighted by molar-refractivity contribution is 6.10. The van der Waals surface area contributed by atoms with Crippen LogP contribution in [0.1, 0.15) is 10.4 Å². The van der Waals surface area contributed by atoms with Crippen LogP contribution in [0.3, 0.4) is 0 Å². The van der Waals surface area contributed by atoms with Gasteiger partial charge in [-0.2, -0.15) is 0 Å². The van der Waals surface area contributed by atoms with Gasteiger partial charge in [-0.25, -0.2) is 9.78 Å². The Hall–Kier alpha value is -4.45. The van der Waals surface area contributed by atoms with Crippen molar-refractivity contribution in [3.63, 3.8) is 0 Å². The van der Waals surface area contributed by atoms with E-state index in [1.807, 2.05) is 30.3 Å². The molecule has 1 heterocycles. The van der Waals surface area contributed by atoms with E-state index in [0.717, 1.165) is 10.8 Å². The van der Waals surface area contributed by atoms with E-state index in [1.54, 1.807) is 54.6 Å². The molecule has 1 aromatic heterocycles. The van der Waals surface area contributed by atoms with Crippen molar-refractivity contribution >= 4 is 33.3 Å². The molecule has 6 nitrogen and oxygen atoms in total. The van der Waals surface area contributed by atoms with E-state index in [4.69, 9.17) is 9.15 Å². The Balaban J connectivity index is 1.56. The maximum Gasteiger partial charge on any atom is 0.347 e. The minimum atomic E-state index is -0.483. The number of methoxy groups -OCH3 is 1. The molecule has 0 saturated carbocycles. The lowest BCUT2D eigenvalue weighted by Gasteiger charge is -2.13. The number of anilines is 1. The molecule has 0 unspecified atom stereocenters. The van der Waals surface area contributed by atoms with Crippen LogP contribution in [0.4, 0.5) is 5.69 Å². The minimum Gasteiger partial charge on any atom is -0.496 e. The summed E-state index contributed by atoms with van der Waals surface area (Å²) in [5, 5.41) is 5.21. The van der Waals surface area contributed by atoms with Gasteiger partial charge in [0.05, 0.1) is 34.8 Å². The van der Waals surface area contributed by atoms with Crippen LogP contribution < -0.4 is 15.7 Å². The number of hydrogen-bond acceptors (Lipinski definition) is 5. The molecule has 5 aromatic rings. The number of nitrogens with zero attached hydrogens (tertiary/aromatic N) is 1. The number of ether oxygens (including phenoxy) is 1. The third-order valence-corrected chi connectivity index (χ3v) is 5.25. The van der Waals surface area contributed by atoms with E-state index >= 15 is 0 Å². The molecule has 0 atom stereocenters. The topological polar surface area (TPSA) is 81.4 Å². The summed E-state index contributed by atoms with van der Waals surface area (Å²) in [5.41, 5.74) is 1.41. The Morgan fingerprint density at radius 3 is 2.41 bits per heavy atom. The summed E-state index contributed by atoms with van der Waals surface area (Å²) in [6, 6.07) is 25.4. The van der Waals surface area contributed by atoms with Crippen molar-refractivity contribution < 1.29 is 13.9 Å². The summed E-state index contributed by atoms with van der Waals surface area (Å²) in [4.78, 5) is 30.1. The smallest absolute Gasteiger partial charge is 0.347 e. The van der Waals surface area contributed by atoms with E-state index in [-0.39, 0.29) is 11.8 Å². The van der Waals surface area contributed by atoms with Gasteiger partial charge in [0.1, 0.15) is 5.75 Å². The molecule has 0 radical (unpaired) electrons. The molecule has 0 aliphatic carbocycles. The van der Waals surface area contributed by atoms with Gasteiger partial charge in [-0.05, 0) is 47.2 Å². The number of rotatable bonds is 4. The average molecular weight is 422 g/mol. The zero-order valence-corrected chi connectivity index (χ0v) is 17.2. The largest absolute Gasteiger partial charge is 0.496 e. The fourth-order valence-corrected chi connectivity index (χ4v) is 3.67. The van der Waals surface area contributed by atoms with Crippen molar-refractivity contribution in [1.29, 1.82) is 0 Å². The Bertz CT molecular complexity index is 1540. The fraction of sp³-hybridized carbons (Fsp3) is 0.0385. The van der Waals surface area contributed by atoms with Crippen LogP contribution in [-0.4, -0.2) is 18.0 Å². The van der Waals surface area contributed by atoms with Gasteiger partial charge < -0.3 is 14.5 Å². The van der Waals surface area contributed by atoms with E-state index in [1.165, 1.54) is 7.11 Å². The first-order chi connectivity index (χ1) is 15.6. The lowest BCUT2D eigenvalue weighted by Crippen LogP contribution is -2.14. The first-order valence-corrected chi connectivity index (χ1v) is 10.0. The van der Waals surface area contributed by atoms with Crippen LogP contribution in [-0.2, 0) is 0 Å². The maximum atomic E-state index is 13.2. The van der Waals surface area contributed by atoms with Crippen molar-refractivity contribution in [2.24, 2.45) is 0 Å². The summed E-state index contributed by atoms with van der Waals surface area (Å²) in [5.74, 6) is 0.257. The predicted octanol–water partition coefficient (Wildman–Crippen LogP) is 5.27. The van der Waals surface area contributed by atoms with Crippen molar-refractivity contribution in [2.75, 3.05) is 12.4 Å². The summed E-state index contributed by atoms with van der Waals surface area (Å²) in [7, 11) is 1.53. The summed E-state index contributed by atoms with van der Waals surface area (Å²) in [6.07, 6.45) is 0. The molecule has 0 fully saturated rings. The SMILES string of the molecule is COc1cc2ccccc2cc1C(=O)Nc1ccccc1-c1nc2ccccc2c(=O)o1. The molecule has 1 amide bonds. The van der Waals surface area contributed by atoms with Crippen LogP contribution in [0.5, 0.6) is 5.75 Å². The first kappa shape index (κ1) is 19.5. The molecule has 32 heavy (non-hydrogen) atoms. The van der Waals surface area contributed by atoms with Crippen LogP contribution in [0.25, 0.3) is 33.1 Å². The van der Waals surface area contributed by atoms with Crippen molar-refractivity contribution in [3.8, 4) is 17.2 Å². The van der Waals surface area contributed by atoms with Gasteiger partial charge in [-0.15, -0.1) is 0 Å². The molecule has 1 N–H and O–H groups in total. The van der Waals surface area contributed by atoms with E-state index in [2.05, 4.69) is 10.3 Å². The normalized spacial score (nSPS) is 10.9. The zero-order chi connectivity index (χ0) is 22.1. The summed E-state index contributed by atoms with van der Waals surface area (Å²) in [6.45, 7) is 0. The Labute approximate surface area is 183 Å². The first-order valence-electron chi connectivity index (χ1n) is 10.0. The molecule has 0 spiro atoms. The molecular weight excluding hydrogens is 404 g/mol. The lowest BCUT2D eigenvalue weighted by atomic mass is 10.0. The number of carbonyl (C=O) groups excluding carboxylic acids is 1. The number of hydrogen-bond donors (Lipinski definition) is 1. The Morgan fingerprint density at radius 2 is 1.59 bits per heavy atom. The third kappa shape index (κ3) is 3.48. The van der Waals surface area contributed by atoms with Crippen LogP contribution in [0, 0.1) is 0 Å². The predicted molar refractivity (Wildman–Crippen MR) is 124 cm³/mol. The van der Waals surface area contributed by atoms with Gasteiger partial charge in [0.15, 0.2) is 0 Å². The van der Waals surface area contributed by atoms with Crippen LogP contribution >= 0.6 is 0 Å². The number of carbonyl (C=O) groups is 1. The Kier molecular flexibility index (Phi) is 4.88. The minimum absolute atomic E-state index is 0.134. The molecule has 156 valence electrons. The van der Waals surface area contributed by atoms with Crippen molar-refractivity contribution in [1.82, 2.24) is 4.98 Å². The van der Waals surface area contributed by atoms with Gasteiger partial charge in [0.25, 0.3) is 5.91 Å². The second-order valence-corrected chi connectivity index (χ2v) is 7.22. The third-order valence-electron chi connectivity index (χ3n) is 5.25. The summed E-state index contributed by atoms with van der Waals surface area (Å²) < 4.78 is 10.9. The molecule has 5 rings (SSSR count). The number of fused-ring (bicyclic) bond motifs is 2. The van der Waals surface area contributed by atoms with E-state index < -0.39 is 5.63 Å². The van der Waals surface area contributed by atoms with Crippen molar-refractivity contribution in [3.05, 3.63) is 101 Å². The van der Waals surface area contributed by atoms with Gasteiger partial charge in [-0.3, -0.25) is 4.79 Å². The molecule has 4 aromatic carbocycles. The molecule has 0 bridgehead atoms. The lowest BCUT2D eigenvalue weighted by molar-refractivity contribution is 0.102.